The Labute approximate surface area is 102 Å². The third kappa shape index (κ3) is 5.69. The number of hydrogen-bond donors (Lipinski definition) is 1. The summed E-state index contributed by atoms with van der Waals surface area (Å²) in [5.41, 5.74) is 1.33. The van der Waals surface area contributed by atoms with E-state index < -0.39 is 0 Å². The van der Waals surface area contributed by atoms with E-state index in [1.165, 1.54) is 63.5 Å². The van der Waals surface area contributed by atoms with Crippen molar-refractivity contribution < 1.29 is 0 Å². The molecule has 0 aromatic carbocycles. The molecule has 1 heteroatoms. The maximum absolute atomic E-state index is 4.01. The Morgan fingerprint density at radius 1 is 1.38 bits per heavy atom. The van der Waals surface area contributed by atoms with Crippen LogP contribution >= 0.6 is 0 Å². The molecule has 16 heavy (non-hydrogen) atoms. The van der Waals surface area contributed by atoms with Crippen LogP contribution in [0.1, 0.15) is 65.2 Å². The van der Waals surface area contributed by atoms with Crippen LogP contribution in [-0.2, 0) is 0 Å². The number of rotatable bonds is 8. The van der Waals surface area contributed by atoms with Gasteiger partial charge in [-0.05, 0) is 45.1 Å². The highest BCUT2D eigenvalue weighted by atomic mass is 14.9. The summed E-state index contributed by atoms with van der Waals surface area (Å²) in [6.45, 7) is 9.58. The van der Waals surface area contributed by atoms with Gasteiger partial charge in [-0.3, -0.25) is 0 Å². The monoisotopic (exact) mass is 223 g/mol. The lowest BCUT2D eigenvalue weighted by molar-refractivity contribution is 0.371. The lowest BCUT2D eigenvalue weighted by atomic mass is 9.94. The lowest BCUT2D eigenvalue weighted by Gasteiger charge is -2.22. The number of hydrogen-bond acceptors (Lipinski definition) is 1. The first-order valence-electron chi connectivity index (χ1n) is 7.10. The summed E-state index contributed by atoms with van der Waals surface area (Å²) in [6.07, 6.45) is 11.0. The van der Waals surface area contributed by atoms with Crippen LogP contribution < -0.4 is 5.32 Å². The average molecular weight is 223 g/mol. The zero-order valence-corrected chi connectivity index (χ0v) is 11.2. The Morgan fingerprint density at radius 3 is 2.62 bits per heavy atom. The van der Waals surface area contributed by atoms with Crippen molar-refractivity contribution in [3.05, 3.63) is 12.2 Å². The highest BCUT2D eigenvalue weighted by Gasteiger charge is 2.19. The molecule has 0 aromatic rings. The molecule has 1 rings (SSSR count). The normalized spacial score (nSPS) is 18.9. The van der Waals surface area contributed by atoms with Crippen molar-refractivity contribution in [2.45, 2.75) is 71.3 Å². The number of nitrogens with one attached hydrogen (secondary N) is 1. The predicted molar refractivity (Wildman–Crippen MR) is 72.7 cm³/mol. The molecule has 0 aliphatic heterocycles. The van der Waals surface area contributed by atoms with Gasteiger partial charge in [-0.25, -0.2) is 0 Å². The van der Waals surface area contributed by atoms with Crippen LogP contribution in [0.5, 0.6) is 0 Å². The second-order valence-corrected chi connectivity index (χ2v) is 5.53. The molecule has 1 unspecified atom stereocenters. The van der Waals surface area contributed by atoms with Gasteiger partial charge in [0.2, 0.25) is 0 Å². The molecule has 94 valence electrons. The second-order valence-electron chi connectivity index (χ2n) is 5.53. The van der Waals surface area contributed by atoms with Crippen LogP contribution in [0.25, 0.3) is 0 Å². The largest absolute Gasteiger partial charge is 0.314 e. The summed E-state index contributed by atoms with van der Waals surface area (Å²) in [5.74, 6) is 1.000. The molecular formula is C15H29N. The topological polar surface area (TPSA) is 12.0 Å². The molecular weight excluding hydrogens is 194 g/mol. The van der Waals surface area contributed by atoms with Crippen molar-refractivity contribution >= 4 is 0 Å². The minimum atomic E-state index is 0.736. The van der Waals surface area contributed by atoms with Crippen molar-refractivity contribution in [3.63, 3.8) is 0 Å². The first-order valence-corrected chi connectivity index (χ1v) is 7.10. The highest BCUT2D eigenvalue weighted by molar-refractivity contribution is 4.89. The van der Waals surface area contributed by atoms with E-state index in [1.54, 1.807) is 0 Å². The minimum absolute atomic E-state index is 0.736. The fourth-order valence-electron chi connectivity index (χ4n) is 2.72. The first-order chi connectivity index (χ1) is 7.72. The van der Waals surface area contributed by atoms with Gasteiger partial charge in [-0.2, -0.15) is 0 Å². The van der Waals surface area contributed by atoms with Crippen molar-refractivity contribution in [1.82, 2.24) is 5.32 Å². The van der Waals surface area contributed by atoms with Crippen molar-refractivity contribution in [3.8, 4) is 0 Å². The summed E-state index contributed by atoms with van der Waals surface area (Å²) in [7, 11) is 0. The summed E-state index contributed by atoms with van der Waals surface area (Å²) in [6, 6.07) is 0.736. The van der Waals surface area contributed by atoms with Gasteiger partial charge in [-0.15, -0.1) is 6.58 Å². The van der Waals surface area contributed by atoms with E-state index in [1.807, 2.05) is 0 Å². The molecule has 0 saturated heterocycles. The molecule has 0 radical (unpaired) electrons. The molecule has 0 heterocycles. The van der Waals surface area contributed by atoms with E-state index in [4.69, 9.17) is 0 Å². The van der Waals surface area contributed by atoms with Crippen LogP contribution in [0.3, 0.4) is 0 Å². The third-order valence-corrected chi connectivity index (χ3v) is 3.70. The molecule has 1 aliphatic rings. The van der Waals surface area contributed by atoms with Crippen LogP contribution in [0.2, 0.25) is 0 Å². The summed E-state index contributed by atoms with van der Waals surface area (Å²) < 4.78 is 0. The van der Waals surface area contributed by atoms with Crippen LogP contribution in [0.4, 0.5) is 0 Å². The summed E-state index contributed by atoms with van der Waals surface area (Å²) in [4.78, 5) is 0. The Kier molecular flexibility index (Phi) is 6.79. The summed E-state index contributed by atoms with van der Waals surface area (Å²) in [5, 5.41) is 3.71. The molecule has 0 spiro atoms. The van der Waals surface area contributed by atoms with E-state index in [-0.39, 0.29) is 0 Å². The number of allylic oxidation sites excluding steroid dienone is 1. The van der Waals surface area contributed by atoms with Gasteiger partial charge in [0.15, 0.2) is 0 Å². The van der Waals surface area contributed by atoms with Gasteiger partial charge in [0, 0.05) is 6.04 Å². The average Bonchev–Trinajstić information content (AvgIpc) is 2.74. The van der Waals surface area contributed by atoms with Crippen LogP contribution in [0.15, 0.2) is 12.2 Å². The van der Waals surface area contributed by atoms with Gasteiger partial charge in [-0.1, -0.05) is 38.2 Å². The van der Waals surface area contributed by atoms with E-state index in [0.29, 0.717) is 0 Å². The van der Waals surface area contributed by atoms with E-state index in [9.17, 15) is 0 Å². The Morgan fingerprint density at radius 2 is 2.06 bits per heavy atom. The smallest absolute Gasteiger partial charge is 0.00727 e. The van der Waals surface area contributed by atoms with E-state index in [2.05, 4.69) is 25.7 Å². The minimum Gasteiger partial charge on any atom is -0.314 e. The zero-order valence-electron chi connectivity index (χ0n) is 11.2. The standard InChI is InChI=1S/C15H29N/c1-4-11-16-15(10-9-13(2)3)12-14-7-5-6-8-14/h14-16H,2,4-12H2,1,3H3. The molecule has 0 bridgehead atoms. The van der Waals surface area contributed by atoms with Gasteiger partial charge in [0.1, 0.15) is 0 Å². The predicted octanol–water partition coefficient (Wildman–Crippen LogP) is 4.29. The van der Waals surface area contributed by atoms with Gasteiger partial charge in [0.05, 0.1) is 0 Å². The maximum Gasteiger partial charge on any atom is 0.00727 e. The third-order valence-electron chi connectivity index (χ3n) is 3.70. The van der Waals surface area contributed by atoms with E-state index in [0.717, 1.165) is 12.0 Å². The van der Waals surface area contributed by atoms with Crippen LogP contribution in [0, 0.1) is 5.92 Å². The summed E-state index contributed by atoms with van der Waals surface area (Å²) >= 11 is 0. The SMILES string of the molecule is C=C(C)CCC(CC1CCCC1)NCCC. The Bertz CT molecular complexity index is 192. The van der Waals surface area contributed by atoms with E-state index >= 15 is 0 Å². The van der Waals surface area contributed by atoms with Gasteiger partial charge in [0.25, 0.3) is 0 Å². The Hall–Kier alpha value is -0.300. The lowest BCUT2D eigenvalue weighted by Crippen LogP contribution is -2.31. The van der Waals surface area contributed by atoms with Crippen molar-refractivity contribution in [1.29, 1.82) is 0 Å². The fourth-order valence-corrected chi connectivity index (χ4v) is 2.72. The molecule has 0 aromatic heterocycles. The zero-order chi connectivity index (χ0) is 11.8. The maximum atomic E-state index is 4.01. The molecule has 1 saturated carbocycles. The first kappa shape index (κ1) is 13.8. The van der Waals surface area contributed by atoms with Crippen molar-refractivity contribution in [2.75, 3.05) is 6.54 Å². The molecule has 1 N–H and O–H groups in total. The molecule has 1 atom stereocenters. The van der Waals surface area contributed by atoms with Gasteiger partial charge < -0.3 is 5.32 Å². The van der Waals surface area contributed by atoms with Crippen molar-refractivity contribution in [2.24, 2.45) is 5.92 Å². The fraction of sp³-hybridized carbons (Fsp3) is 0.867. The van der Waals surface area contributed by atoms with Gasteiger partial charge >= 0.3 is 0 Å². The molecule has 1 fully saturated rings. The second kappa shape index (κ2) is 7.89. The molecule has 1 aliphatic carbocycles. The highest BCUT2D eigenvalue weighted by Crippen LogP contribution is 2.29. The molecule has 1 nitrogen and oxygen atoms in total. The van der Waals surface area contributed by atoms with Crippen LogP contribution in [-0.4, -0.2) is 12.6 Å². The quantitative estimate of drug-likeness (QED) is 0.605. The molecule has 0 amide bonds. The Balaban J connectivity index is 2.26.